The number of rotatable bonds is 4. The Balaban J connectivity index is 1.83. The fourth-order valence-corrected chi connectivity index (χ4v) is 3.68. The van der Waals surface area contributed by atoms with Gasteiger partial charge < -0.3 is 14.8 Å². The molecule has 28 heavy (non-hydrogen) atoms. The molecule has 0 atom stereocenters. The average Bonchev–Trinajstić information content (AvgIpc) is 2.68. The lowest BCUT2D eigenvalue weighted by molar-refractivity contribution is 0.0979. The van der Waals surface area contributed by atoms with Crippen LogP contribution in [0.15, 0.2) is 53.0 Å². The summed E-state index contributed by atoms with van der Waals surface area (Å²) in [6.07, 6.45) is 0. The van der Waals surface area contributed by atoms with Gasteiger partial charge in [0.05, 0.1) is 24.9 Å². The lowest BCUT2D eigenvalue weighted by Crippen LogP contribution is -2.34. The summed E-state index contributed by atoms with van der Waals surface area (Å²) in [6, 6.07) is 14.5. The number of ether oxygens (including phenoxy) is 2. The molecule has 0 heterocycles. The van der Waals surface area contributed by atoms with E-state index in [1.807, 2.05) is 30.3 Å². The Hall–Kier alpha value is -2.35. The van der Waals surface area contributed by atoms with Crippen molar-refractivity contribution in [3.8, 4) is 11.5 Å². The number of halogens is 2. The molecule has 0 spiro atoms. The smallest absolute Gasteiger partial charge is 0.258 e. The van der Waals surface area contributed by atoms with Crippen LogP contribution in [0.4, 0.5) is 5.69 Å². The van der Waals surface area contributed by atoms with Crippen molar-refractivity contribution in [3.63, 3.8) is 0 Å². The van der Waals surface area contributed by atoms with E-state index in [4.69, 9.17) is 33.3 Å². The molecule has 0 aliphatic heterocycles. The minimum Gasteiger partial charge on any atom is -0.495 e. The van der Waals surface area contributed by atoms with Crippen molar-refractivity contribution in [2.75, 3.05) is 19.5 Å². The molecule has 3 rings (SSSR count). The van der Waals surface area contributed by atoms with Crippen molar-refractivity contribution < 1.29 is 14.3 Å². The number of thiocarbonyl (C=S) groups is 1. The van der Waals surface area contributed by atoms with Gasteiger partial charge in [-0.05, 0) is 35.1 Å². The molecule has 0 unspecified atom stereocenters. The zero-order valence-corrected chi connectivity index (χ0v) is 18.2. The number of amides is 1. The number of benzene rings is 3. The van der Waals surface area contributed by atoms with Gasteiger partial charge in [-0.15, -0.1) is 0 Å². The molecule has 5 nitrogen and oxygen atoms in total. The molecular weight excluding hydrogens is 464 g/mol. The molecule has 3 aromatic rings. The van der Waals surface area contributed by atoms with Crippen molar-refractivity contribution in [1.29, 1.82) is 0 Å². The van der Waals surface area contributed by atoms with Crippen LogP contribution in [0.1, 0.15) is 10.4 Å². The summed E-state index contributed by atoms with van der Waals surface area (Å²) in [6.45, 7) is 0. The first kappa shape index (κ1) is 20.4. The highest BCUT2D eigenvalue weighted by Crippen LogP contribution is 2.35. The summed E-state index contributed by atoms with van der Waals surface area (Å²) in [7, 11) is 3.02. The summed E-state index contributed by atoms with van der Waals surface area (Å²) < 4.78 is 11.4. The molecule has 0 aliphatic carbocycles. The van der Waals surface area contributed by atoms with Crippen LogP contribution in [-0.4, -0.2) is 25.2 Å². The van der Waals surface area contributed by atoms with Crippen molar-refractivity contribution in [2.45, 2.75) is 0 Å². The van der Waals surface area contributed by atoms with Gasteiger partial charge in [0, 0.05) is 22.2 Å². The van der Waals surface area contributed by atoms with Crippen molar-refractivity contribution in [1.82, 2.24) is 5.32 Å². The van der Waals surface area contributed by atoms with E-state index in [0.29, 0.717) is 27.8 Å². The summed E-state index contributed by atoms with van der Waals surface area (Å²) in [5.74, 6) is 0.607. The zero-order valence-electron chi connectivity index (χ0n) is 15.0. The average molecular weight is 480 g/mol. The molecule has 3 aromatic carbocycles. The minimum absolute atomic E-state index is 0.125. The first-order chi connectivity index (χ1) is 13.4. The summed E-state index contributed by atoms with van der Waals surface area (Å²) in [4.78, 5) is 12.8. The van der Waals surface area contributed by atoms with Gasteiger partial charge in [-0.3, -0.25) is 10.1 Å². The van der Waals surface area contributed by atoms with Crippen LogP contribution < -0.4 is 20.1 Å². The molecule has 0 bridgehead atoms. The van der Waals surface area contributed by atoms with E-state index in [9.17, 15) is 4.79 Å². The van der Waals surface area contributed by atoms with Gasteiger partial charge in [-0.1, -0.05) is 51.8 Å². The van der Waals surface area contributed by atoms with Gasteiger partial charge in [0.15, 0.2) is 5.11 Å². The van der Waals surface area contributed by atoms with Crippen LogP contribution in [-0.2, 0) is 0 Å². The highest BCUT2D eigenvalue weighted by Gasteiger charge is 2.15. The van der Waals surface area contributed by atoms with Crippen LogP contribution in [0, 0.1) is 0 Å². The predicted molar refractivity (Wildman–Crippen MR) is 120 cm³/mol. The highest BCUT2D eigenvalue weighted by molar-refractivity contribution is 9.10. The number of carbonyl (C=O) groups is 1. The third kappa shape index (κ3) is 4.22. The maximum Gasteiger partial charge on any atom is 0.258 e. The molecule has 2 N–H and O–H groups in total. The summed E-state index contributed by atoms with van der Waals surface area (Å²) >= 11 is 14.9. The number of fused-ring (bicyclic) bond motifs is 1. The van der Waals surface area contributed by atoms with Crippen LogP contribution in [0.5, 0.6) is 11.5 Å². The van der Waals surface area contributed by atoms with Gasteiger partial charge in [-0.25, -0.2) is 0 Å². The van der Waals surface area contributed by atoms with Crippen LogP contribution in [0.25, 0.3) is 10.8 Å². The first-order valence-corrected chi connectivity index (χ1v) is 9.73. The first-order valence-electron chi connectivity index (χ1n) is 8.15. The predicted octanol–water partition coefficient (Wildman–Crippen LogP) is 5.40. The highest BCUT2D eigenvalue weighted by atomic mass is 79.9. The molecule has 0 aliphatic rings. The second-order valence-electron chi connectivity index (χ2n) is 5.74. The van der Waals surface area contributed by atoms with E-state index in [1.165, 1.54) is 14.2 Å². The van der Waals surface area contributed by atoms with Gasteiger partial charge in [0.25, 0.3) is 5.91 Å². The molecule has 0 aromatic heterocycles. The second-order valence-corrected chi connectivity index (χ2v) is 7.41. The Kier molecular flexibility index (Phi) is 6.39. The number of carbonyl (C=O) groups excluding carboxylic acids is 1. The Morgan fingerprint density at radius 1 is 1.04 bits per heavy atom. The summed E-state index contributed by atoms with van der Waals surface area (Å²) in [5.41, 5.74) is 1.04. The van der Waals surface area contributed by atoms with Gasteiger partial charge in [-0.2, -0.15) is 0 Å². The Morgan fingerprint density at radius 3 is 2.43 bits per heavy atom. The molecular formula is C20H16BrClN2O3S. The van der Waals surface area contributed by atoms with E-state index >= 15 is 0 Å². The fraction of sp³-hybridized carbons (Fsp3) is 0.100. The lowest BCUT2D eigenvalue weighted by Gasteiger charge is -2.15. The van der Waals surface area contributed by atoms with E-state index in [2.05, 4.69) is 26.6 Å². The van der Waals surface area contributed by atoms with E-state index in [1.54, 1.807) is 18.2 Å². The van der Waals surface area contributed by atoms with Crippen LogP contribution in [0.3, 0.4) is 0 Å². The zero-order chi connectivity index (χ0) is 20.3. The van der Waals surface area contributed by atoms with Crippen molar-refractivity contribution in [2.24, 2.45) is 0 Å². The monoisotopic (exact) mass is 478 g/mol. The van der Waals surface area contributed by atoms with Crippen LogP contribution in [0.2, 0.25) is 5.02 Å². The fourth-order valence-electron chi connectivity index (χ4n) is 2.75. The second kappa shape index (κ2) is 8.77. The maximum atomic E-state index is 12.8. The number of hydrogen-bond acceptors (Lipinski definition) is 4. The lowest BCUT2D eigenvalue weighted by atomic mass is 10.0. The molecule has 0 fully saturated rings. The molecule has 0 saturated carbocycles. The quantitative estimate of drug-likeness (QED) is 0.491. The summed E-state index contributed by atoms with van der Waals surface area (Å²) in [5, 5.41) is 7.94. The minimum atomic E-state index is -0.318. The van der Waals surface area contributed by atoms with Gasteiger partial charge >= 0.3 is 0 Å². The SMILES string of the molecule is COc1cc(NC(=S)NC(=O)c2cccc3c(Br)cccc23)c(OC)cc1Cl. The largest absolute Gasteiger partial charge is 0.495 e. The Bertz CT molecular complexity index is 1070. The topological polar surface area (TPSA) is 59.6 Å². The number of anilines is 1. The molecule has 0 saturated heterocycles. The Labute approximate surface area is 181 Å². The third-order valence-electron chi connectivity index (χ3n) is 4.06. The van der Waals surface area contributed by atoms with E-state index < -0.39 is 0 Å². The van der Waals surface area contributed by atoms with E-state index in [-0.39, 0.29) is 11.0 Å². The van der Waals surface area contributed by atoms with Crippen LogP contribution >= 0.6 is 39.7 Å². The maximum absolute atomic E-state index is 12.8. The standard InChI is InChI=1S/C20H16BrClN2O3S/c1-26-17-10-16(18(27-2)9-15(17)22)23-20(28)24-19(25)13-7-3-6-12-11(13)5-4-8-14(12)21/h3-10H,1-2H3,(H2,23,24,25,28). The molecule has 1 amide bonds. The van der Waals surface area contributed by atoms with Crippen molar-refractivity contribution >= 4 is 67.2 Å². The normalized spacial score (nSPS) is 10.4. The Morgan fingerprint density at radius 2 is 1.71 bits per heavy atom. The number of nitrogens with one attached hydrogen (secondary N) is 2. The van der Waals surface area contributed by atoms with Gasteiger partial charge in [0.1, 0.15) is 11.5 Å². The third-order valence-corrected chi connectivity index (χ3v) is 5.25. The number of methoxy groups -OCH3 is 2. The number of hydrogen-bond donors (Lipinski definition) is 2. The molecule has 144 valence electrons. The van der Waals surface area contributed by atoms with E-state index in [0.717, 1.165) is 15.2 Å². The van der Waals surface area contributed by atoms with Gasteiger partial charge in [0.2, 0.25) is 0 Å². The van der Waals surface area contributed by atoms with Crippen molar-refractivity contribution in [3.05, 3.63) is 63.6 Å². The molecule has 8 heteroatoms. The molecule has 0 radical (unpaired) electrons.